The maximum Gasteiger partial charge on any atom is 0.320 e. The van der Waals surface area contributed by atoms with E-state index in [1.54, 1.807) is 24.9 Å². The summed E-state index contributed by atoms with van der Waals surface area (Å²) >= 11 is 5.97. The normalized spacial score (nSPS) is 15.5. The van der Waals surface area contributed by atoms with Gasteiger partial charge in [0, 0.05) is 30.2 Å². The Morgan fingerprint density at radius 2 is 2.09 bits per heavy atom. The molecule has 0 spiro atoms. The highest BCUT2D eigenvalue weighted by atomic mass is 35.5. The van der Waals surface area contributed by atoms with Gasteiger partial charge in [0.15, 0.2) is 0 Å². The van der Waals surface area contributed by atoms with Crippen LogP contribution >= 0.6 is 11.6 Å². The molecule has 1 fully saturated rings. The third-order valence-corrected chi connectivity index (χ3v) is 4.43. The molecule has 2 rings (SSSR count). The molecule has 0 saturated heterocycles. The number of carboxylic acid groups (broad SMARTS) is 1. The summed E-state index contributed by atoms with van der Waals surface area (Å²) in [4.78, 5) is 26.6. The monoisotopic (exact) mass is 342 g/mol. The molecule has 23 heavy (non-hydrogen) atoms. The molecule has 1 aliphatic rings. The highest BCUT2D eigenvalue weighted by Gasteiger charge is 2.36. The van der Waals surface area contributed by atoms with Crippen LogP contribution in [0, 0.1) is 5.82 Å². The van der Waals surface area contributed by atoms with Gasteiger partial charge in [0.05, 0.1) is 6.54 Å². The molecule has 1 N–H and O–H groups in total. The third kappa shape index (κ3) is 4.42. The molecule has 1 aromatic rings. The first-order chi connectivity index (χ1) is 10.8. The molecule has 1 aliphatic carbocycles. The number of hydrogen-bond donors (Lipinski definition) is 1. The second-order valence-electron chi connectivity index (χ2n) is 5.87. The summed E-state index contributed by atoms with van der Waals surface area (Å²) in [5, 5.41) is 9.42. The van der Waals surface area contributed by atoms with Crippen LogP contribution in [-0.2, 0) is 16.1 Å². The molecule has 1 saturated carbocycles. The zero-order valence-electron chi connectivity index (χ0n) is 13.1. The zero-order chi connectivity index (χ0) is 17.1. The number of amides is 1. The first-order valence-corrected chi connectivity index (χ1v) is 7.84. The molecule has 1 amide bonds. The molecule has 0 aromatic heterocycles. The van der Waals surface area contributed by atoms with Crippen molar-refractivity contribution in [2.24, 2.45) is 0 Å². The molecule has 5 nitrogen and oxygen atoms in total. The smallest absolute Gasteiger partial charge is 0.320 e. The Labute approximate surface area is 139 Å². The summed E-state index contributed by atoms with van der Waals surface area (Å²) < 4.78 is 13.8. The van der Waals surface area contributed by atoms with Crippen LogP contribution in [-0.4, -0.2) is 52.5 Å². The Morgan fingerprint density at radius 1 is 1.43 bits per heavy atom. The van der Waals surface area contributed by atoms with Crippen LogP contribution in [0.25, 0.3) is 0 Å². The maximum atomic E-state index is 13.8. The van der Waals surface area contributed by atoms with E-state index >= 15 is 0 Å². The van der Waals surface area contributed by atoms with Crippen molar-refractivity contribution < 1.29 is 19.1 Å². The fourth-order valence-corrected chi connectivity index (χ4v) is 2.64. The van der Waals surface area contributed by atoms with Crippen molar-refractivity contribution in [3.8, 4) is 0 Å². The van der Waals surface area contributed by atoms with E-state index in [0.717, 1.165) is 12.8 Å². The third-order valence-electron chi connectivity index (χ3n) is 4.07. The molecular weight excluding hydrogens is 323 g/mol. The van der Waals surface area contributed by atoms with Crippen molar-refractivity contribution >= 4 is 23.5 Å². The lowest BCUT2D eigenvalue weighted by molar-refractivity contribution is -0.144. The number of aliphatic carboxylic acids is 1. The molecule has 1 aromatic carbocycles. The summed E-state index contributed by atoms with van der Waals surface area (Å²) in [5.74, 6) is -1.68. The second kappa shape index (κ2) is 7.27. The number of hydrogen-bond acceptors (Lipinski definition) is 3. The van der Waals surface area contributed by atoms with Crippen LogP contribution in [0.1, 0.15) is 25.3 Å². The van der Waals surface area contributed by atoms with E-state index < -0.39 is 17.8 Å². The lowest BCUT2D eigenvalue weighted by Gasteiger charge is -2.28. The van der Waals surface area contributed by atoms with Gasteiger partial charge >= 0.3 is 5.97 Å². The Hall–Kier alpha value is -1.66. The zero-order valence-corrected chi connectivity index (χ0v) is 13.9. The molecule has 0 radical (unpaired) electrons. The van der Waals surface area contributed by atoms with E-state index in [0.29, 0.717) is 0 Å². The Morgan fingerprint density at radius 3 is 2.61 bits per heavy atom. The lowest BCUT2D eigenvalue weighted by atomic mass is 10.2. The van der Waals surface area contributed by atoms with Crippen LogP contribution in [0.5, 0.6) is 0 Å². The average Bonchev–Trinajstić information content (AvgIpc) is 3.32. The first-order valence-electron chi connectivity index (χ1n) is 7.46. The molecule has 1 unspecified atom stereocenters. The van der Waals surface area contributed by atoms with Gasteiger partial charge in [0.1, 0.15) is 11.9 Å². The van der Waals surface area contributed by atoms with E-state index in [4.69, 9.17) is 16.7 Å². The van der Waals surface area contributed by atoms with Gasteiger partial charge in [0.2, 0.25) is 5.91 Å². The van der Waals surface area contributed by atoms with Gasteiger partial charge in [-0.1, -0.05) is 17.7 Å². The summed E-state index contributed by atoms with van der Waals surface area (Å²) in [6.07, 6.45) is 1.79. The summed E-state index contributed by atoms with van der Waals surface area (Å²) in [5.41, 5.74) is 0.259. The topological polar surface area (TPSA) is 60.9 Å². The van der Waals surface area contributed by atoms with Gasteiger partial charge in [0.25, 0.3) is 0 Å². The second-order valence-corrected chi connectivity index (χ2v) is 6.27. The van der Waals surface area contributed by atoms with Gasteiger partial charge in [-0.2, -0.15) is 0 Å². The average molecular weight is 343 g/mol. The number of benzene rings is 1. The van der Waals surface area contributed by atoms with Crippen molar-refractivity contribution in [3.63, 3.8) is 0 Å². The number of nitrogens with zero attached hydrogens (tertiary/aromatic N) is 2. The molecule has 1 atom stereocenters. The lowest BCUT2D eigenvalue weighted by Crippen LogP contribution is -2.46. The molecular formula is C16H20ClFN2O3. The Balaban J connectivity index is 2.03. The highest BCUT2D eigenvalue weighted by molar-refractivity contribution is 6.31. The summed E-state index contributed by atoms with van der Waals surface area (Å²) in [6, 6.07) is 3.78. The minimum atomic E-state index is -0.954. The fourth-order valence-electron chi connectivity index (χ4n) is 2.42. The van der Waals surface area contributed by atoms with Crippen molar-refractivity contribution in [2.75, 3.05) is 13.6 Å². The molecule has 7 heteroatoms. The van der Waals surface area contributed by atoms with Crippen LogP contribution in [0.4, 0.5) is 4.39 Å². The van der Waals surface area contributed by atoms with Crippen LogP contribution in [0.15, 0.2) is 18.2 Å². The van der Waals surface area contributed by atoms with Crippen molar-refractivity contribution in [2.45, 2.75) is 38.4 Å². The highest BCUT2D eigenvalue weighted by Crippen LogP contribution is 2.29. The number of carboxylic acids is 1. The predicted molar refractivity (Wildman–Crippen MR) is 84.7 cm³/mol. The number of halogens is 2. The van der Waals surface area contributed by atoms with E-state index in [1.165, 1.54) is 17.0 Å². The van der Waals surface area contributed by atoms with Crippen molar-refractivity contribution in [1.29, 1.82) is 0 Å². The number of carbonyl (C=O) groups excluding carboxylic acids is 1. The molecule has 0 aliphatic heterocycles. The van der Waals surface area contributed by atoms with E-state index in [1.807, 2.05) is 0 Å². The van der Waals surface area contributed by atoms with Gasteiger partial charge in [-0.15, -0.1) is 0 Å². The van der Waals surface area contributed by atoms with Gasteiger partial charge in [-0.05, 0) is 31.9 Å². The summed E-state index contributed by atoms with van der Waals surface area (Å²) in [7, 11) is 1.56. The van der Waals surface area contributed by atoms with E-state index in [-0.39, 0.29) is 35.6 Å². The predicted octanol–water partition coefficient (Wildman–Crippen LogP) is 2.38. The number of carbonyl (C=O) groups is 2. The van der Waals surface area contributed by atoms with Gasteiger partial charge < -0.3 is 10.0 Å². The van der Waals surface area contributed by atoms with Crippen LogP contribution in [0.3, 0.4) is 0 Å². The maximum absolute atomic E-state index is 13.8. The Bertz CT molecular complexity index is 587. The minimum absolute atomic E-state index is 0.000699. The minimum Gasteiger partial charge on any atom is -0.480 e. The first kappa shape index (κ1) is 17.7. The fraction of sp³-hybridized carbons (Fsp3) is 0.500. The molecule has 0 heterocycles. The summed E-state index contributed by atoms with van der Waals surface area (Å²) in [6.45, 7) is 1.62. The van der Waals surface area contributed by atoms with Crippen molar-refractivity contribution in [3.05, 3.63) is 34.6 Å². The largest absolute Gasteiger partial charge is 0.480 e. The van der Waals surface area contributed by atoms with Crippen LogP contribution < -0.4 is 0 Å². The standard InChI is InChI=1S/C16H20ClFN2O3/c1-10(16(22)23)20(11-6-7-11)9-15(21)19(2)8-12-13(17)4-3-5-14(12)18/h3-5,10-11H,6-9H2,1-2H3,(H,22,23). The van der Waals surface area contributed by atoms with Crippen molar-refractivity contribution in [1.82, 2.24) is 9.80 Å². The quantitative estimate of drug-likeness (QED) is 0.826. The SMILES string of the molecule is CC(C(=O)O)N(CC(=O)N(C)Cc1c(F)cccc1Cl)C1CC1. The van der Waals surface area contributed by atoms with Gasteiger partial charge in [-0.3, -0.25) is 14.5 Å². The van der Waals surface area contributed by atoms with Gasteiger partial charge in [-0.25, -0.2) is 4.39 Å². The Kier molecular flexibility index (Phi) is 5.59. The van der Waals surface area contributed by atoms with E-state index in [9.17, 15) is 14.0 Å². The molecule has 126 valence electrons. The number of rotatable bonds is 7. The molecule has 0 bridgehead atoms. The van der Waals surface area contributed by atoms with E-state index in [2.05, 4.69) is 0 Å². The van der Waals surface area contributed by atoms with Crippen LogP contribution in [0.2, 0.25) is 5.02 Å². The number of likely N-dealkylation sites (N-methyl/N-ethyl adjacent to an activating group) is 1.